The van der Waals surface area contributed by atoms with Crippen LogP contribution in [0.5, 0.6) is 0 Å². The van der Waals surface area contributed by atoms with Gasteiger partial charge < -0.3 is 5.32 Å². The molecule has 0 heterocycles. The molecule has 3 heteroatoms. The Balaban J connectivity index is 2.85. The van der Waals surface area contributed by atoms with E-state index in [-0.39, 0.29) is 12.5 Å². The normalized spacial score (nSPS) is 9.69. The maximum Gasteiger partial charge on any atom is 0.251 e. The van der Waals surface area contributed by atoms with Crippen LogP contribution in [0.3, 0.4) is 0 Å². The largest absolute Gasteiger partial charge is 0.355 e. The van der Waals surface area contributed by atoms with E-state index >= 15 is 0 Å². The molecule has 1 rings (SSSR count). The maximum atomic E-state index is 11.2. The molecule has 0 aliphatic rings. The first-order valence-corrected chi connectivity index (χ1v) is 4.17. The van der Waals surface area contributed by atoms with Crippen LogP contribution in [0.25, 0.3) is 0 Å². The molecular weight excluding hydrogens is 166 g/mol. The summed E-state index contributed by atoms with van der Waals surface area (Å²) in [5.74, 6) is -0.118. The summed E-state index contributed by atoms with van der Waals surface area (Å²) in [6.45, 7) is -0.142. The van der Waals surface area contributed by atoms with E-state index in [1.165, 1.54) is 0 Å². The van der Waals surface area contributed by atoms with E-state index in [2.05, 4.69) is 5.32 Å². The first-order valence-electron chi connectivity index (χ1n) is 4.17. The molecule has 0 atom stereocenters. The molecule has 0 aliphatic heterocycles. The zero-order valence-electron chi connectivity index (χ0n) is 7.54. The van der Waals surface area contributed by atoms with E-state index in [9.17, 15) is 9.90 Å². The third kappa shape index (κ3) is 2.56. The molecule has 69 valence electrons. The maximum absolute atomic E-state index is 11.2. The van der Waals surface area contributed by atoms with Gasteiger partial charge >= 0.3 is 0 Å². The van der Waals surface area contributed by atoms with Crippen molar-refractivity contribution in [2.45, 2.75) is 6.42 Å². The lowest BCUT2D eigenvalue weighted by molar-refractivity contribution is 0.0963. The summed E-state index contributed by atoms with van der Waals surface area (Å²) < 4.78 is 0. The van der Waals surface area contributed by atoms with E-state index in [4.69, 9.17) is 0 Å². The highest BCUT2D eigenvalue weighted by Gasteiger charge is 2.02. The van der Waals surface area contributed by atoms with Crippen molar-refractivity contribution < 1.29 is 9.90 Å². The summed E-state index contributed by atoms with van der Waals surface area (Å²) in [5.41, 5.74) is 1.52. The molecule has 0 saturated heterocycles. The van der Waals surface area contributed by atoms with Crippen LogP contribution in [0.15, 0.2) is 24.3 Å². The summed E-state index contributed by atoms with van der Waals surface area (Å²) >= 11 is 0. The fourth-order valence-electron chi connectivity index (χ4n) is 1.13. The van der Waals surface area contributed by atoms with Crippen LogP contribution in [-0.4, -0.2) is 19.6 Å². The molecule has 3 nitrogen and oxygen atoms in total. The molecule has 1 amide bonds. The molecule has 0 fully saturated rings. The summed E-state index contributed by atoms with van der Waals surface area (Å²) in [6, 6.07) is 7.11. The fraction of sp³-hybridized carbons (Fsp3) is 0.300. The van der Waals surface area contributed by atoms with E-state index in [1.54, 1.807) is 25.2 Å². The number of carbonyl (C=O) groups is 1. The minimum absolute atomic E-state index is 0.118. The van der Waals surface area contributed by atoms with Gasteiger partial charge in [-0.25, -0.2) is 5.11 Å². The number of hydrogen-bond acceptors (Lipinski definition) is 1. The van der Waals surface area contributed by atoms with Gasteiger partial charge in [0.05, 0.1) is 6.61 Å². The van der Waals surface area contributed by atoms with Crippen LogP contribution in [0.4, 0.5) is 0 Å². The number of carbonyl (C=O) groups excluding carboxylic acids is 1. The van der Waals surface area contributed by atoms with Gasteiger partial charge in [-0.1, -0.05) is 12.1 Å². The van der Waals surface area contributed by atoms with Crippen LogP contribution < -0.4 is 5.32 Å². The number of rotatable bonds is 3. The van der Waals surface area contributed by atoms with Crippen LogP contribution in [-0.2, 0) is 11.5 Å². The Morgan fingerprint density at radius 2 is 2.23 bits per heavy atom. The van der Waals surface area contributed by atoms with Crippen molar-refractivity contribution in [2.24, 2.45) is 0 Å². The highest BCUT2D eigenvalue weighted by molar-refractivity contribution is 5.94. The second kappa shape index (κ2) is 4.62. The van der Waals surface area contributed by atoms with Gasteiger partial charge in [0.15, 0.2) is 0 Å². The van der Waals surface area contributed by atoms with E-state index in [0.29, 0.717) is 12.0 Å². The first kappa shape index (κ1) is 9.74. The second-order valence-corrected chi connectivity index (χ2v) is 2.73. The molecule has 13 heavy (non-hydrogen) atoms. The van der Waals surface area contributed by atoms with Gasteiger partial charge in [-0.3, -0.25) is 4.79 Å². The number of benzene rings is 1. The predicted molar refractivity (Wildman–Crippen MR) is 49.1 cm³/mol. The topological polar surface area (TPSA) is 49.0 Å². The molecule has 1 N–H and O–H groups in total. The van der Waals surface area contributed by atoms with Crippen LogP contribution >= 0.6 is 0 Å². The van der Waals surface area contributed by atoms with Gasteiger partial charge in [-0.05, 0) is 24.1 Å². The van der Waals surface area contributed by atoms with Crippen molar-refractivity contribution in [3.05, 3.63) is 35.4 Å². The molecule has 1 aromatic rings. The first-order chi connectivity index (χ1) is 6.27. The highest BCUT2D eigenvalue weighted by Crippen LogP contribution is 2.05. The van der Waals surface area contributed by atoms with Gasteiger partial charge in [0.2, 0.25) is 0 Å². The summed E-state index contributed by atoms with van der Waals surface area (Å²) in [7, 11) is 1.59. The van der Waals surface area contributed by atoms with Crippen molar-refractivity contribution in [2.75, 3.05) is 13.7 Å². The molecule has 0 spiro atoms. The van der Waals surface area contributed by atoms with E-state index in [1.807, 2.05) is 6.07 Å². The Labute approximate surface area is 77.4 Å². The number of amides is 1. The Morgan fingerprint density at radius 1 is 1.46 bits per heavy atom. The third-order valence-electron chi connectivity index (χ3n) is 1.81. The lowest BCUT2D eigenvalue weighted by atomic mass is 10.1. The van der Waals surface area contributed by atoms with Crippen molar-refractivity contribution in [3.63, 3.8) is 0 Å². The molecule has 0 aromatic heterocycles. The zero-order valence-corrected chi connectivity index (χ0v) is 7.54. The van der Waals surface area contributed by atoms with Crippen LogP contribution in [0.2, 0.25) is 0 Å². The van der Waals surface area contributed by atoms with Crippen LogP contribution in [0, 0.1) is 0 Å². The molecule has 1 aromatic carbocycles. The lowest BCUT2D eigenvalue weighted by Gasteiger charge is -2.01. The van der Waals surface area contributed by atoms with Gasteiger partial charge in [-0.15, -0.1) is 0 Å². The highest BCUT2D eigenvalue weighted by atomic mass is 16.2. The second-order valence-electron chi connectivity index (χ2n) is 2.73. The monoisotopic (exact) mass is 178 g/mol. The van der Waals surface area contributed by atoms with Gasteiger partial charge in [0.1, 0.15) is 0 Å². The summed E-state index contributed by atoms with van der Waals surface area (Å²) in [5, 5.41) is 12.9. The molecular formula is C10H12NO2. The summed E-state index contributed by atoms with van der Waals surface area (Å²) in [6.07, 6.45) is 0.477. The molecule has 1 radical (unpaired) electrons. The summed E-state index contributed by atoms with van der Waals surface area (Å²) in [4.78, 5) is 11.2. The van der Waals surface area contributed by atoms with E-state index in [0.717, 1.165) is 5.56 Å². The average Bonchev–Trinajstić information content (AvgIpc) is 2.18. The minimum Gasteiger partial charge on any atom is -0.355 e. The Morgan fingerprint density at radius 3 is 2.85 bits per heavy atom. The molecule has 0 aliphatic carbocycles. The van der Waals surface area contributed by atoms with Crippen molar-refractivity contribution in [1.82, 2.24) is 5.32 Å². The SMILES string of the molecule is CNC(=O)c1cccc(CC[O])c1. The quantitative estimate of drug-likeness (QED) is 0.738. The molecule has 0 saturated carbocycles. The lowest BCUT2D eigenvalue weighted by Crippen LogP contribution is -2.17. The Bertz CT molecular complexity index is 297. The standard InChI is InChI=1S/C10H12NO2/c1-11-10(13)9-4-2-3-8(7-9)5-6-12/h2-4,7H,5-6H2,1H3,(H,11,13). The molecule has 0 bridgehead atoms. The van der Waals surface area contributed by atoms with Crippen molar-refractivity contribution in [3.8, 4) is 0 Å². The fourth-order valence-corrected chi connectivity index (χ4v) is 1.13. The number of nitrogens with one attached hydrogen (secondary N) is 1. The molecule has 0 unspecified atom stereocenters. The van der Waals surface area contributed by atoms with Gasteiger partial charge in [-0.2, -0.15) is 0 Å². The van der Waals surface area contributed by atoms with Crippen LogP contribution in [0.1, 0.15) is 15.9 Å². The zero-order chi connectivity index (χ0) is 9.68. The smallest absolute Gasteiger partial charge is 0.251 e. The van der Waals surface area contributed by atoms with Crippen molar-refractivity contribution in [1.29, 1.82) is 0 Å². The van der Waals surface area contributed by atoms with Gasteiger partial charge in [0.25, 0.3) is 5.91 Å². The van der Waals surface area contributed by atoms with E-state index < -0.39 is 0 Å². The predicted octanol–water partition coefficient (Wildman–Crippen LogP) is 1.02. The Kier molecular flexibility index (Phi) is 3.46. The minimum atomic E-state index is -0.142. The Hall–Kier alpha value is -1.35. The average molecular weight is 178 g/mol. The third-order valence-corrected chi connectivity index (χ3v) is 1.81. The number of hydrogen-bond donors (Lipinski definition) is 1. The van der Waals surface area contributed by atoms with Gasteiger partial charge in [0, 0.05) is 12.6 Å². The van der Waals surface area contributed by atoms with Crippen molar-refractivity contribution >= 4 is 5.91 Å².